The molecule has 0 bridgehead atoms. The third-order valence-electron chi connectivity index (χ3n) is 6.66. The van der Waals surface area contributed by atoms with Crippen LogP contribution in [-0.4, -0.2) is 62.5 Å². The summed E-state index contributed by atoms with van der Waals surface area (Å²) < 4.78 is 2.06. The van der Waals surface area contributed by atoms with Crippen LogP contribution in [0.2, 0.25) is 0 Å². The second kappa shape index (κ2) is 10.4. The molecule has 0 saturated carbocycles. The molecule has 1 amide bonds. The maximum absolute atomic E-state index is 13.2. The fourth-order valence-corrected chi connectivity index (χ4v) is 5.59. The van der Waals surface area contributed by atoms with Gasteiger partial charge in [-0.05, 0) is 35.7 Å². The Labute approximate surface area is 219 Å². The molecule has 8 heteroatoms. The number of carbonyl (C=O) groups is 1. The van der Waals surface area contributed by atoms with Gasteiger partial charge in [-0.1, -0.05) is 66.4 Å². The van der Waals surface area contributed by atoms with Crippen LogP contribution in [0.4, 0.5) is 5.69 Å². The standard InChI is InChI=1S/C29H26N6OS/c36-27(34-19-17-33(18-20-34)24-9-2-1-3-10-24)21-37-29-32-31-28(23-13-15-30-16-14-23)35(29)26-12-6-8-22-7-4-5-11-25(22)26/h1-16H,17-21H2. The van der Waals surface area contributed by atoms with Crippen molar-refractivity contribution >= 4 is 34.1 Å². The lowest BCUT2D eigenvalue weighted by atomic mass is 10.1. The molecule has 0 unspecified atom stereocenters. The minimum Gasteiger partial charge on any atom is -0.368 e. The lowest BCUT2D eigenvalue weighted by Gasteiger charge is -2.36. The number of anilines is 1. The molecule has 7 nitrogen and oxygen atoms in total. The quantitative estimate of drug-likeness (QED) is 0.305. The molecule has 1 aliphatic heterocycles. The fraction of sp³-hybridized carbons (Fsp3) is 0.172. The Bertz CT molecular complexity index is 1510. The minimum absolute atomic E-state index is 0.121. The zero-order chi connectivity index (χ0) is 25.0. The Kier molecular flexibility index (Phi) is 6.56. The van der Waals surface area contributed by atoms with Gasteiger partial charge < -0.3 is 9.80 Å². The molecule has 0 N–H and O–H groups in total. The number of aromatic nitrogens is 4. The van der Waals surface area contributed by atoms with E-state index >= 15 is 0 Å². The highest BCUT2D eigenvalue weighted by molar-refractivity contribution is 7.99. The zero-order valence-corrected chi connectivity index (χ0v) is 21.1. The maximum atomic E-state index is 13.2. The molecule has 5 aromatic rings. The van der Waals surface area contributed by atoms with E-state index in [-0.39, 0.29) is 5.91 Å². The molecule has 0 aliphatic carbocycles. The van der Waals surface area contributed by atoms with Crippen molar-refractivity contribution < 1.29 is 4.79 Å². The number of fused-ring (bicyclic) bond motifs is 1. The maximum Gasteiger partial charge on any atom is 0.233 e. The van der Waals surface area contributed by atoms with Crippen molar-refractivity contribution in [3.8, 4) is 17.1 Å². The number of hydrogen-bond donors (Lipinski definition) is 0. The average Bonchev–Trinajstić information content (AvgIpc) is 3.40. The summed E-state index contributed by atoms with van der Waals surface area (Å²) in [5, 5.41) is 12.0. The summed E-state index contributed by atoms with van der Waals surface area (Å²) in [7, 11) is 0. The van der Waals surface area contributed by atoms with Crippen LogP contribution in [0.1, 0.15) is 0 Å². The van der Waals surface area contributed by atoms with E-state index in [1.54, 1.807) is 12.4 Å². The van der Waals surface area contributed by atoms with Crippen LogP contribution in [0, 0.1) is 0 Å². The lowest BCUT2D eigenvalue weighted by Crippen LogP contribution is -2.49. The second-order valence-electron chi connectivity index (χ2n) is 8.87. The largest absolute Gasteiger partial charge is 0.368 e. The normalized spacial score (nSPS) is 13.7. The van der Waals surface area contributed by atoms with E-state index in [9.17, 15) is 4.79 Å². The van der Waals surface area contributed by atoms with Crippen molar-refractivity contribution in [2.24, 2.45) is 0 Å². The van der Waals surface area contributed by atoms with Gasteiger partial charge in [0.25, 0.3) is 0 Å². The number of thioether (sulfide) groups is 1. The summed E-state index contributed by atoms with van der Waals surface area (Å²) in [5.41, 5.74) is 3.11. The van der Waals surface area contributed by atoms with Crippen molar-refractivity contribution in [2.75, 3.05) is 36.8 Å². The number of nitrogens with zero attached hydrogens (tertiary/aromatic N) is 6. The molecule has 37 heavy (non-hydrogen) atoms. The third-order valence-corrected chi connectivity index (χ3v) is 7.57. The molecule has 3 aromatic carbocycles. The number of amides is 1. The Morgan fingerprint density at radius 2 is 1.51 bits per heavy atom. The topological polar surface area (TPSA) is 67.2 Å². The minimum atomic E-state index is 0.121. The first-order valence-electron chi connectivity index (χ1n) is 12.3. The summed E-state index contributed by atoms with van der Waals surface area (Å²) in [6.45, 7) is 3.09. The molecule has 0 atom stereocenters. The smallest absolute Gasteiger partial charge is 0.233 e. The Morgan fingerprint density at radius 3 is 2.32 bits per heavy atom. The number of pyridine rings is 1. The van der Waals surface area contributed by atoms with Gasteiger partial charge in [0.15, 0.2) is 11.0 Å². The van der Waals surface area contributed by atoms with Gasteiger partial charge >= 0.3 is 0 Å². The molecule has 3 heterocycles. The summed E-state index contributed by atoms with van der Waals surface area (Å²) in [6, 6.07) is 28.7. The predicted octanol–water partition coefficient (Wildman–Crippen LogP) is 4.92. The van der Waals surface area contributed by atoms with Gasteiger partial charge in [0.05, 0.1) is 11.4 Å². The van der Waals surface area contributed by atoms with E-state index in [2.05, 4.69) is 73.2 Å². The predicted molar refractivity (Wildman–Crippen MR) is 148 cm³/mol. The molecule has 0 spiro atoms. The zero-order valence-electron chi connectivity index (χ0n) is 20.3. The fourth-order valence-electron chi connectivity index (χ4n) is 4.74. The van der Waals surface area contributed by atoms with Crippen molar-refractivity contribution in [1.29, 1.82) is 0 Å². The number of rotatable bonds is 6. The van der Waals surface area contributed by atoms with Crippen LogP contribution in [0.15, 0.2) is 102 Å². The van der Waals surface area contributed by atoms with Gasteiger partial charge in [0.1, 0.15) is 0 Å². The molecule has 2 aromatic heterocycles. The van der Waals surface area contributed by atoms with Crippen LogP contribution < -0.4 is 4.90 Å². The van der Waals surface area contributed by atoms with E-state index in [1.807, 2.05) is 41.3 Å². The van der Waals surface area contributed by atoms with Crippen LogP contribution in [0.25, 0.3) is 27.8 Å². The summed E-state index contributed by atoms with van der Waals surface area (Å²) in [6.07, 6.45) is 3.51. The molecule has 6 rings (SSSR count). The molecular weight excluding hydrogens is 480 g/mol. The van der Waals surface area contributed by atoms with Crippen LogP contribution >= 0.6 is 11.8 Å². The Morgan fingerprint density at radius 1 is 0.784 bits per heavy atom. The van der Waals surface area contributed by atoms with Crippen LogP contribution in [0.5, 0.6) is 0 Å². The van der Waals surface area contributed by atoms with E-state index in [0.29, 0.717) is 24.0 Å². The van der Waals surface area contributed by atoms with Crippen molar-refractivity contribution in [3.63, 3.8) is 0 Å². The number of para-hydroxylation sites is 1. The number of hydrogen-bond acceptors (Lipinski definition) is 6. The first-order valence-corrected chi connectivity index (χ1v) is 13.3. The SMILES string of the molecule is O=C(CSc1nnc(-c2ccncc2)n1-c1cccc2ccccc12)N1CCN(c2ccccc2)CC1. The van der Waals surface area contributed by atoms with Gasteiger partial charge in [0, 0.05) is 55.2 Å². The van der Waals surface area contributed by atoms with Gasteiger partial charge in [-0.15, -0.1) is 10.2 Å². The number of piperazine rings is 1. The molecule has 184 valence electrons. The molecular formula is C29H26N6OS. The van der Waals surface area contributed by atoms with Gasteiger partial charge in [-0.2, -0.15) is 0 Å². The van der Waals surface area contributed by atoms with Crippen molar-refractivity contribution in [3.05, 3.63) is 97.3 Å². The highest BCUT2D eigenvalue weighted by atomic mass is 32.2. The van der Waals surface area contributed by atoms with Crippen LogP contribution in [-0.2, 0) is 4.79 Å². The molecule has 0 radical (unpaired) electrons. The van der Waals surface area contributed by atoms with E-state index < -0.39 is 0 Å². The highest BCUT2D eigenvalue weighted by Crippen LogP contribution is 2.32. The first-order chi connectivity index (χ1) is 18.3. The van der Waals surface area contributed by atoms with Crippen LogP contribution in [0.3, 0.4) is 0 Å². The lowest BCUT2D eigenvalue weighted by molar-refractivity contribution is -0.128. The summed E-state index contributed by atoms with van der Waals surface area (Å²) in [4.78, 5) is 21.6. The van der Waals surface area contributed by atoms with Gasteiger partial charge in [0.2, 0.25) is 5.91 Å². The van der Waals surface area contributed by atoms with Crippen molar-refractivity contribution in [1.82, 2.24) is 24.6 Å². The summed E-state index contributed by atoms with van der Waals surface area (Å²) >= 11 is 1.43. The second-order valence-corrected chi connectivity index (χ2v) is 9.81. The Balaban J connectivity index is 1.24. The van der Waals surface area contributed by atoms with Gasteiger partial charge in [-0.3, -0.25) is 14.3 Å². The van der Waals surface area contributed by atoms with E-state index in [4.69, 9.17) is 0 Å². The van der Waals surface area contributed by atoms with Crippen molar-refractivity contribution in [2.45, 2.75) is 5.16 Å². The average molecular weight is 507 g/mol. The first kappa shape index (κ1) is 23.2. The van der Waals surface area contributed by atoms with Gasteiger partial charge in [-0.25, -0.2) is 0 Å². The summed E-state index contributed by atoms with van der Waals surface area (Å²) in [5.74, 6) is 1.16. The number of carbonyl (C=O) groups excluding carboxylic acids is 1. The monoisotopic (exact) mass is 506 g/mol. The van der Waals surface area contributed by atoms with E-state index in [1.165, 1.54) is 17.4 Å². The molecule has 1 saturated heterocycles. The third kappa shape index (κ3) is 4.80. The molecule has 1 aliphatic rings. The number of benzene rings is 3. The highest BCUT2D eigenvalue weighted by Gasteiger charge is 2.23. The molecule has 1 fully saturated rings. The Hall–Kier alpha value is -4.17. The van der Waals surface area contributed by atoms with E-state index in [0.717, 1.165) is 40.9 Å².